The second kappa shape index (κ2) is 3.51. The van der Waals surface area contributed by atoms with Crippen molar-refractivity contribution in [1.82, 2.24) is 9.36 Å². The highest BCUT2D eigenvalue weighted by Crippen LogP contribution is 2.16. The smallest absolute Gasteiger partial charge is 0.221 e. The van der Waals surface area contributed by atoms with E-state index in [-0.39, 0.29) is 15.4 Å². The highest BCUT2D eigenvalue weighted by Gasteiger charge is 2.17. The van der Waals surface area contributed by atoms with Gasteiger partial charge in [0.1, 0.15) is 0 Å². The standard InChI is InChI=1S/C5H5ClN2O2S2/c1-2-3-12(9,10)5-7-4(6)8-11-5/h2H,1,3H2. The van der Waals surface area contributed by atoms with Gasteiger partial charge in [-0.15, -0.1) is 6.58 Å². The Balaban J connectivity index is 3.06. The summed E-state index contributed by atoms with van der Waals surface area (Å²) in [5.74, 6) is -0.140. The van der Waals surface area contributed by atoms with Crippen LogP contribution in [-0.4, -0.2) is 23.5 Å². The normalized spacial score (nSPS) is 11.4. The second-order valence-corrected chi connectivity index (χ2v) is 5.20. The molecule has 0 aromatic carbocycles. The quantitative estimate of drug-likeness (QED) is 0.723. The molecule has 0 aliphatic rings. The SMILES string of the molecule is C=CCS(=O)(=O)c1nc(Cl)ns1. The van der Waals surface area contributed by atoms with Crippen molar-refractivity contribution in [2.75, 3.05) is 5.75 Å². The number of hydrogen-bond donors (Lipinski definition) is 0. The molecule has 66 valence electrons. The molecule has 0 spiro atoms. The minimum absolute atomic E-state index is 0.0392. The summed E-state index contributed by atoms with van der Waals surface area (Å²) in [4.78, 5) is 3.54. The maximum Gasteiger partial charge on any atom is 0.235 e. The van der Waals surface area contributed by atoms with Gasteiger partial charge in [0.05, 0.1) is 5.75 Å². The molecule has 12 heavy (non-hydrogen) atoms. The maximum atomic E-state index is 11.2. The Labute approximate surface area is 79.0 Å². The molecular weight excluding hydrogens is 220 g/mol. The van der Waals surface area contributed by atoms with Crippen molar-refractivity contribution >= 4 is 33.0 Å². The zero-order valence-electron chi connectivity index (χ0n) is 5.90. The average molecular weight is 225 g/mol. The summed E-state index contributed by atoms with van der Waals surface area (Å²) in [5, 5.41) is -0.0392. The molecule has 0 unspecified atom stereocenters. The topological polar surface area (TPSA) is 59.9 Å². The number of hydrogen-bond acceptors (Lipinski definition) is 5. The van der Waals surface area contributed by atoms with Gasteiger partial charge >= 0.3 is 0 Å². The van der Waals surface area contributed by atoms with E-state index in [4.69, 9.17) is 11.6 Å². The van der Waals surface area contributed by atoms with Crippen LogP contribution in [0.4, 0.5) is 0 Å². The molecular formula is C5H5ClN2O2S2. The lowest BCUT2D eigenvalue weighted by molar-refractivity contribution is 0.598. The molecule has 0 saturated heterocycles. The second-order valence-electron chi connectivity index (χ2n) is 1.90. The number of halogens is 1. The molecule has 0 radical (unpaired) electrons. The molecule has 0 atom stereocenters. The van der Waals surface area contributed by atoms with Crippen LogP contribution >= 0.6 is 23.1 Å². The molecule has 0 fully saturated rings. The molecule has 0 N–H and O–H groups in total. The van der Waals surface area contributed by atoms with E-state index in [1.54, 1.807) is 0 Å². The zero-order chi connectivity index (χ0) is 9.19. The summed E-state index contributed by atoms with van der Waals surface area (Å²) >= 11 is 6.13. The zero-order valence-corrected chi connectivity index (χ0v) is 8.29. The minimum atomic E-state index is -3.35. The molecule has 1 aromatic heterocycles. The molecule has 0 aliphatic heterocycles. The van der Waals surface area contributed by atoms with Gasteiger partial charge in [0, 0.05) is 0 Å². The van der Waals surface area contributed by atoms with E-state index in [0.717, 1.165) is 11.5 Å². The van der Waals surface area contributed by atoms with Gasteiger partial charge < -0.3 is 0 Å². The van der Waals surface area contributed by atoms with Gasteiger partial charge in [-0.2, -0.15) is 9.36 Å². The first kappa shape index (κ1) is 9.63. The Hall–Kier alpha value is -0.460. The van der Waals surface area contributed by atoms with Gasteiger partial charge in [-0.05, 0) is 23.1 Å². The number of rotatable bonds is 3. The summed E-state index contributed by atoms with van der Waals surface area (Å²) in [6.07, 6.45) is 1.30. The van der Waals surface area contributed by atoms with Gasteiger partial charge in [-0.25, -0.2) is 8.42 Å². The third-order valence-corrected chi connectivity index (χ3v) is 4.05. The lowest BCUT2D eigenvalue weighted by Gasteiger charge is -1.91. The number of aromatic nitrogens is 2. The van der Waals surface area contributed by atoms with Crippen molar-refractivity contribution in [2.24, 2.45) is 0 Å². The third-order valence-electron chi connectivity index (χ3n) is 0.986. The van der Waals surface area contributed by atoms with E-state index in [0.29, 0.717) is 0 Å². The monoisotopic (exact) mass is 224 g/mol. The van der Waals surface area contributed by atoms with Crippen LogP contribution in [0.15, 0.2) is 17.0 Å². The van der Waals surface area contributed by atoms with Crippen LogP contribution in [0.5, 0.6) is 0 Å². The van der Waals surface area contributed by atoms with E-state index in [2.05, 4.69) is 15.9 Å². The van der Waals surface area contributed by atoms with Crippen LogP contribution in [-0.2, 0) is 9.84 Å². The lowest BCUT2D eigenvalue weighted by atomic mass is 10.8. The fraction of sp³-hybridized carbons (Fsp3) is 0.200. The van der Waals surface area contributed by atoms with Gasteiger partial charge in [0.15, 0.2) is 0 Å². The van der Waals surface area contributed by atoms with Crippen LogP contribution in [0.2, 0.25) is 5.28 Å². The van der Waals surface area contributed by atoms with Crippen molar-refractivity contribution in [1.29, 1.82) is 0 Å². The molecule has 4 nitrogen and oxygen atoms in total. The highest BCUT2D eigenvalue weighted by atomic mass is 35.5. The molecule has 7 heteroatoms. The highest BCUT2D eigenvalue weighted by molar-refractivity contribution is 7.93. The fourth-order valence-electron chi connectivity index (χ4n) is 0.546. The van der Waals surface area contributed by atoms with E-state index < -0.39 is 9.84 Å². The van der Waals surface area contributed by atoms with E-state index in [1.165, 1.54) is 6.08 Å². The average Bonchev–Trinajstić information content (AvgIpc) is 2.36. The fourth-order valence-corrected chi connectivity index (χ4v) is 2.60. The number of nitrogens with zero attached hydrogens (tertiary/aromatic N) is 2. The summed E-state index contributed by atoms with van der Waals surface area (Å²) in [6, 6.07) is 0. The summed E-state index contributed by atoms with van der Waals surface area (Å²) in [7, 11) is -3.35. The van der Waals surface area contributed by atoms with Crippen molar-refractivity contribution in [3.63, 3.8) is 0 Å². The molecule has 1 aromatic rings. The van der Waals surface area contributed by atoms with Crippen molar-refractivity contribution in [3.8, 4) is 0 Å². The van der Waals surface area contributed by atoms with E-state index in [9.17, 15) is 8.42 Å². The lowest BCUT2D eigenvalue weighted by Crippen LogP contribution is -2.03. The summed E-state index contributed by atoms with van der Waals surface area (Å²) < 4.78 is 25.9. The minimum Gasteiger partial charge on any atom is -0.221 e. The third kappa shape index (κ3) is 2.02. The molecule has 1 heterocycles. The van der Waals surface area contributed by atoms with Crippen LogP contribution in [0, 0.1) is 0 Å². The Morgan fingerprint density at radius 1 is 1.67 bits per heavy atom. The molecule has 0 aliphatic carbocycles. The van der Waals surface area contributed by atoms with Gasteiger partial charge in [-0.3, -0.25) is 0 Å². The largest absolute Gasteiger partial charge is 0.235 e. The van der Waals surface area contributed by atoms with Crippen molar-refractivity contribution in [2.45, 2.75) is 4.34 Å². The molecule has 0 saturated carbocycles. The van der Waals surface area contributed by atoms with Crippen molar-refractivity contribution < 1.29 is 8.42 Å². The maximum absolute atomic E-state index is 11.2. The first-order valence-corrected chi connectivity index (χ1v) is 5.69. The van der Waals surface area contributed by atoms with E-state index in [1.807, 2.05) is 0 Å². The van der Waals surface area contributed by atoms with Crippen LogP contribution < -0.4 is 0 Å². The van der Waals surface area contributed by atoms with Crippen LogP contribution in [0.1, 0.15) is 0 Å². The predicted molar refractivity (Wildman–Crippen MR) is 47.2 cm³/mol. The molecule has 1 rings (SSSR count). The van der Waals surface area contributed by atoms with Crippen LogP contribution in [0.3, 0.4) is 0 Å². The Bertz CT molecular complexity index is 384. The molecule has 0 bridgehead atoms. The Morgan fingerprint density at radius 3 is 2.75 bits per heavy atom. The summed E-state index contributed by atoms with van der Waals surface area (Å²) in [6.45, 7) is 3.32. The number of sulfone groups is 1. The molecule has 0 amide bonds. The van der Waals surface area contributed by atoms with Crippen LogP contribution in [0.25, 0.3) is 0 Å². The Kier molecular flexibility index (Phi) is 2.81. The first-order chi connectivity index (χ1) is 5.56. The predicted octanol–water partition coefficient (Wildman–Crippen LogP) is 1.15. The van der Waals surface area contributed by atoms with Gasteiger partial charge in [0.2, 0.25) is 19.5 Å². The first-order valence-electron chi connectivity index (χ1n) is 2.89. The summed E-state index contributed by atoms with van der Waals surface area (Å²) in [5.41, 5.74) is 0. The van der Waals surface area contributed by atoms with Crippen molar-refractivity contribution in [3.05, 3.63) is 17.9 Å². The Morgan fingerprint density at radius 2 is 2.33 bits per heavy atom. The van der Waals surface area contributed by atoms with Gasteiger partial charge in [0.25, 0.3) is 0 Å². The van der Waals surface area contributed by atoms with E-state index >= 15 is 0 Å². The van der Waals surface area contributed by atoms with Gasteiger partial charge in [-0.1, -0.05) is 6.08 Å².